The molecule has 2 aromatic rings. The molecule has 2 atom stereocenters. The van der Waals surface area contributed by atoms with Crippen LogP contribution in [0.25, 0.3) is 0 Å². The van der Waals surface area contributed by atoms with Gasteiger partial charge in [0.15, 0.2) is 0 Å². The van der Waals surface area contributed by atoms with Crippen LogP contribution in [0, 0.1) is 5.82 Å². The molecular formula is C15H15FN2O2S. The van der Waals surface area contributed by atoms with Gasteiger partial charge in [-0.05, 0) is 30.2 Å². The molecular weight excluding hydrogens is 291 g/mol. The van der Waals surface area contributed by atoms with Gasteiger partial charge in [-0.1, -0.05) is 30.3 Å². The van der Waals surface area contributed by atoms with Crippen molar-refractivity contribution in [3.63, 3.8) is 0 Å². The molecule has 0 amide bonds. The zero-order valence-electron chi connectivity index (χ0n) is 11.2. The molecule has 1 saturated carbocycles. The van der Waals surface area contributed by atoms with E-state index < -0.39 is 15.8 Å². The van der Waals surface area contributed by atoms with E-state index in [-0.39, 0.29) is 22.5 Å². The third-order valence-corrected chi connectivity index (χ3v) is 5.15. The van der Waals surface area contributed by atoms with Crippen LogP contribution in [0.3, 0.4) is 0 Å². The lowest BCUT2D eigenvalue weighted by molar-refractivity contribution is 0.579. The molecule has 0 aliphatic heterocycles. The molecule has 1 aliphatic carbocycles. The van der Waals surface area contributed by atoms with Crippen LogP contribution in [-0.2, 0) is 10.0 Å². The summed E-state index contributed by atoms with van der Waals surface area (Å²) in [6.45, 7) is 0. The largest absolute Gasteiger partial charge is 0.398 e. The molecule has 1 fully saturated rings. The number of anilines is 1. The first-order chi connectivity index (χ1) is 9.97. The zero-order chi connectivity index (χ0) is 15.0. The molecule has 110 valence electrons. The molecule has 3 rings (SSSR count). The summed E-state index contributed by atoms with van der Waals surface area (Å²) in [6, 6.07) is 12.9. The van der Waals surface area contributed by atoms with Crippen LogP contribution >= 0.6 is 0 Å². The van der Waals surface area contributed by atoms with Crippen molar-refractivity contribution >= 4 is 15.7 Å². The van der Waals surface area contributed by atoms with Crippen LogP contribution in [0.4, 0.5) is 10.1 Å². The maximum Gasteiger partial charge on any atom is 0.242 e. The second-order valence-electron chi connectivity index (χ2n) is 5.16. The molecule has 0 aromatic heterocycles. The number of nitrogens with one attached hydrogen (secondary N) is 1. The number of nitrogen functional groups attached to an aromatic ring is 1. The maximum absolute atomic E-state index is 13.0. The summed E-state index contributed by atoms with van der Waals surface area (Å²) in [5.74, 6) is -0.373. The third-order valence-electron chi connectivity index (χ3n) is 3.59. The minimum atomic E-state index is -3.73. The van der Waals surface area contributed by atoms with Crippen LogP contribution < -0.4 is 10.5 Å². The van der Waals surface area contributed by atoms with Crippen LogP contribution in [0.1, 0.15) is 17.9 Å². The van der Waals surface area contributed by atoms with E-state index in [0.717, 1.165) is 24.1 Å². The summed E-state index contributed by atoms with van der Waals surface area (Å²) in [4.78, 5) is -0.0809. The van der Waals surface area contributed by atoms with Gasteiger partial charge in [0.25, 0.3) is 0 Å². The first-order valence-electron chi connectivity index (χ1n) is 6.60. The van der Waals surface area contributed by atoms with Crippen molar-refractivity contribution < 1.29 is 12.8 Å². The van der Waals surface area contributed by atoms with Crippen LogP contribution in [0.2, 0.25) is 0 Å². The highest BCUT2D eigenvalue weighted by Crippen LogP contribution is 2.41. The monoisotopic (exact) mass is 306 g/mol. The fraction of sp³-hybridized carbons (Fsp3) is 0.200. The first kappa shape index (κ1) is 14.0. The van der Waals surface area contributed by atoms with E-state index in [0.29, 0.717) is 0 Å². The number of rotatable bonds is 4. The molecule has 4 nitrogen and oxygen atoms in total. The van der Waals surface area contributed by atoms with E-state index >= 15 is 0 Å². The van der Waals surface area contributed by atoms with Gasteiger partial charge in [-0.15, -0.1) is 0 Å². The Labute approximate surface area is 122 Å². The normalized spacial score (nSPS) is 21.2. The molecule has 0 radical (unpaired) electrons. The van der Waals surface area contributed by atoms with Crippen molar-refractivity contribution in [2.45, 2.75) is 23.3 Å². The van der Waals surface area contributed by atoms with Crippen molar-refractivity contribution in [2.75, 3.05) is 5.73 Å². The molecule has 6 heteroatoms. The fourth-order valence-corrected chi connectivity index (χ4v) is 3.82. The predicted molar refractivity (Wildman–Crippen MR) is 78.7 cm³/mol. The van der Waals surface area contributed by atoms with Crippen LogP contribution in [0.5, 0.6) is 0 Å². The van der Waals surface area contributed by atoms with Gasteiger partial charge >= 0.3 is 0 Å². The lowest BCUT2D eigenvalue weighted by Crippen LogP contribution is -2.27. The Morgan fingerprint density at radius 2 is 1.86 bits per heavy atom. The van der Waals surface area contributed by atoms with E-state index in [1.807, 2.05) is 30.3 Å². The molecule has 3 N–H and O–H groups in total. The summed E-state index contributed by atoms with van der Waals surface area (Å²) in [5.41, 5.74) is 6.61. The fourth-order valence-electron chi connectivity index (χ4n) is 2.42. The SMILES string of the molecule is Nc1cc(F)ccc1S(=O)(=O)NC1CC1c1ccccc1. The van der Waals surface area contributed by atoms with Gasteiger partial charge in [0.1, 0.15) is 10.7 Å². The van der Waals surface area contributed by atoms with E-state index in [9.17, 15) is 12.8 Å². The maximum atomic E-state index is 13.0. The van der Waals surface area contributed by atoms with Crippen LogP contribution in [0.15, 0.2) is 53.4 Å². The van der Waals surface area contributed by atoms with E-state index in [1.165, 1.54) is 6.07 Å². The Morgan fingerprint density at radius 3 is 2.52 bits per heavy atom. The summed E-state index contributed by atoms with van der Waals surface area (Å²) < 4.78 is 40.2. The van der Waals surface area contributed by atoms with Gasteiger partial charge in [-0.25, -0.2) is 17.5 Å². The van der Waals surface area contributed by atoms with Gasteiger partial charge in [-0.3, -0.25) is 0 Å². The number of hydrogen-bond acceptors (Lipinski definition) is 3. The van der Waals surface area contributed by atoms with Gasteiger partial charge in [0.05, 0.1) is 5.69 Å². The van der Waals surface area contributed by atoms with Gasteiger partial charge in [0.2, 0.25) is 10.0 Å². The second-order valence-corrected chi connectivity index (χ2v) is 6.85. The average molecular weight is 306 g/mol. The molecule has 2 unspecified atom stereocenters. The number of hydrogen-bond donors (Lipinski definition) is 2. The molecule has 0 bridgehead atoms. The standard InChI is InChI=1S/C15H15FN2O2S/c16-11-6-7-15(13(17)8-11)21(19,20)18-14-9-12(14)10-4-2-1-3-5-10/h1-8,12,14,18H,9,17H2. The van der Waals surface area contributed by atoms with Gasteiger partial charge in [-0.2, -0.15) is 0 Å². The van der Waals surface area contributed by atoms with Crippen molar-refractivity contribution in [1.29, 1.82) is 0 Å². The lowest BCUT2D eigenvalue weighted by atomic mass is 10.1. The summed E-state index contributed by atoms with van der Waals surface area (Å²) in [6.07, 6.45) is 0.754. The number of halogens is 1. The zero-order valence-corrected chi connectivity index (χ0v) is 12.0. The molecule has 1 aliphatic rings. The Morgan fingerprint density at radius 1 is 1.14 bits per heavy atom. The van der Waals surface area contributed by atoms with Gasteiger partial charge < -0.3 is 5.73 Å². The van der Waals surface area contributed by atoms with Crippen molar-refractivity contribution in [1.82, 2.24) is 4.72 Å². The second kappa shape index (κ2) is 5.13. The summed E-state index contributed by atoms with van der Waals surface area (Å²) in [5, 5.41) is 0. The predicted octanol–water partition coefficient (Wildman–Crippen LogP) is 2.24. The van der Waals surface area contributed by atoms with Crippen molar-refractivity contribution in [3.05, 3.63) is 59.9 Å². The topological polar surface area (TPSA) is 72.2 Å². The minimum Gasteiger partial charge on any atom is -0.398 e. The highest BCUT2D eigenvalue weighted by Gasteiger charge is 2.41. The van der Waals surface area contributed by atoms with Crippen molar-refractivity contribution in [2.24, 2.45) is 0 Å². The average Bonchev–Trinajstić information content (AvgIpc) is 3.17. The van der Waals surface area contributed by atoms with Gasteiger partial charge in [0, 0.05) is 12.0 Å². The Bertz CT molecular complexity index is 762. The summed E-state index contributed by atoms with van der Waals surface area (Å²) >= 11 is 0. The van der Waals surface area contributed by atoms with Crippen LogP contribution in [-0.4, -0.2) is 14.5 Å². The molecule has 2 aromatic carbocycles. The van der Waals surface area contributed by atoms with Crippen molar-refractivity contribution in [3.8, 4) is 0 Å². The Balaban J connectivity index is 1.76. The molecule has 0 spiro atoms. The number of nitrogens with two attached hydrogens (primary N) is 1. The quantitative estimate of drug-likeness (QED) is 0.851. The number of benzene rings is 2. The Hall–Kier alpha value is -1.92. The summed E-state index contributed by atoms with van der Waals surface area (Å²) in [7, 11) is -3.73. The molecule has 0 heterocycles. The molecule has 21 heavy (non-hydrogen) atoms. The smallest absolute Gasteiger partial charge is 0.242 e. The first-order valence-corrected chi connectivity index (χ1v) is 8.08. The van der Waals surface area contributed by atoms with E-state index in [1.54, 1.807) is 0 Å². The minimum absolute atomic E-state index is 0.0809. The number of sulfonamides is 1. The van der Waals surface area contributed by atoms with E-state index in [2.05, 4.69) is 4.72 Å². The lowest BCUT2D eigenvalue weighted by Gasteiger charge is -2.09. The third kappa shape index (κ3) is 2.91. The Kier molecular flexibility index (Phi) is 3.43. The highest BCUT2D eigenvalue weighted by molar-refractivity contribution is 7.89. The van der Waals surface area contributed by atoms with E-state index in [4.69, 9.17) is 5.73 Å². The highest BCUT2D eigenvalue weighted by atomic mass is 32.2. The molecule has 0 saturated heterocycles.